The van der Waals surface area contributed by atoms with Crippen LogP contribution in [0.4, 0.5) is 0 Å². The van der Waals surface area contributed by atoms with Crippen molar-refractivity contribution in [1.82, 2.24) is 10.9 Å². The minimum Gasteiger partial charge on any atom is -0.478 e. The van der Waals surface area contributed by atoms with E-state index in [-0.39, 0.29) is 22.2 Å². The minimum atomic E-state index is -1.13. The molecule has 1 rings (SSSR count). The molecule has 0 aliphatic heterocycles. The summed E-state index contributed by atoms with van der Waals surface area (Å²) in [4.78, 5) is 33.4. The fraction of sp³-hybridized carbons (Fsp3) is 0.182. The fourth-order valence-corrected chi connectivity index (χ4v) is 2.03. The molecule has 6 nitrogen and oxygen atoms in total. The normalized spacial score (nSPS) is 9.79. The average molecular weight is 303 g/mol. The van der Waals surface area contributed by atoms with Gasteiger partial charge in [-0.05, 0) is 18.2 Å². The Labute approximate surface area is 118 Å². The molecule has 0 spiro atoms. The Bertz CT molecular complexity index is 521. The predicted octanol–water partition coefficient (Wildman–Crippen LogP) is 1.30. The molecular weight excluding hydrogens is 292 g/mol. The van der Waals surface area contributed by atoms with E-state index in [4.69, 9.17) is 16.7 Å². The van der Waals surface area contributed by atoms with Crippen LogP contribution in [0.25, 0.3) is 0 Å². The van der Waals surface area contributed by atoms with Gasteiger partial charge in [-0.1, -0.05) is 11.6 Å². The summed E-state index contributed by atoms with van der Waals surface area (Å²) in [6.45, 7) is 1.27. The molecule has 1 aromatic carbocycles. The van der Waals surface area contributed by atoms with E-state index < -0.39 is 11.9 Å². The van der Waals surface area contributed by atoms with Crippen LogP contribution >= 0.6 is 23.4 Å². The molecule has 0 bridgehead atoms. The minimum absolute atomic E-state index is 0.0195. The lowest BCUT2D eigenvalue weighted by Gasteiger charge is -2.06. The van der Waals surface area contributed by atoms with Gasteiger partial charge in [0.1, 0.15) is 0 Å². The summed E-state index contributed by atoms with van der Waals surface area (Å²) in [6.07, 6.45) is 0. The van der Waals surface area contributed by atoms with Gasteiger partial charge in [0.2, 0.25) is 11.8 Å². The van der Waals surface area contributed by atoms with E-state index in [0.717, 1.165) is 11.8 Å². The quantitative estimate of drug-likeness (QED) is 0.575. The number of nitrogens with one attached hydrogen (secondary N) is 2. The number of aromatic carboxylic acids is 1. The molecule has 19 heavy (non-hydrogen) atoms. The van der Waals surface area contributed by atoms with Crippen LogP contribution in [-0.4, -0.2) is 28.6 Å². The predicted molar refractivity (Wildman–Crippen MR) is 71.1 cm³/mol. The number of hydrogen-bond donors (Lipinski definition) is 3. The maximum absolute atomic E-state index is 11.3. The Balaban J connectivity index is 2.58. The Hall–Kier alpha value is -1.73. The van der Waals surface area contributed by atoms with Crippen LogP contribution in [0.3, 0.4) is 0 Å². The highest BCUT2D eigenvalue weighted by Crippen LogP contribution is 2.24. The van der Waals surface area contributed by atoms with Gasteiger partial charge in [0, 0.05) is 11.8 Å². The first kappa shape index (κ1) is 15.3. The monoisotopic (exact) mass is 302 g/mol. The van der Waals surface area contributed by atoms with Gasteiger partial charge in [0.15, 0.2) is 0 Å². The van der Waals surface area contributed by atoms with E-state index in [1.54, 1.807) is 6.07 Å². The first-order valence-corrected chi connectivity index (χ1v) is 6.47. The van der Waals surface area contributed by atoms with Crippen molar-refractivity contribution < 1.29 is 19.5 Å². The van der Waals surface area contributed by atoms with Gasteiger partial charge in [0.25, 0.3) is 0 Å². The molecular formula is C11H11ClN2O4S. The number of halogens is 1. The maximum Gasteiger partial charge on any atom is 0.337 e. The number of carbonyl (C=O) groups excluding carboxylic acids is 2. The topological polar surface area (TPSA) is 95.5 Å². The third-order valence-corrected chi connectivity index (χ3v) is 3.24. The summed E-state index contributed by atoms with van der Waals surface area (Å²) in [5.74, 6) is -1.86. The van der Waals surface area contributed by atoms with E-state index in [9.17, 15) is 14.4 Å². The molecule has 0 heterocycles. The molecule has 8 heteroatoms. The molecule has 102 valence electrons. The van der Waals surface area contributed by atoms with E-state index in [1.807, 2.05) is 0 Å². The zero-order chi connectivity index (χ0) is 14.4. The second kappa shape index (κ2) is 7.01. The van der Waals surface area contributed by atoms with E-state index >= 15 is 0 Å². The second-order valence-corrected chi connectivity index (χ2v) is 4.92. The Morgan fingerprint density at radius 3 is 2.58 bits per heavy atom. The highest BCUT2D eigenvalue weighted by Gasteiger charge is 2.10. The molecule has 0 unspecified atom stereocenters. The average Bonchev–Trinajstić information content (AvgIpc) is 2.35. The van der Waals surface area contributed by atoms with Gasteiger partial charge in [-0.15, -0.1) is 11.8 Å². The zero-order valence-electron chi connectivity index (χ0n) is 9.90. The zero-order valence-corrected chi connectivity index (χ0v) is 11.5. The van der Waals surface area contributed by atoms with Gasteiger partial charge < -0.3 is 5.11 Å². The molecule has 0 aliphatic rings. The van der Waals surface area contributed by atoms with Crippen LogP contribution in [-0.2, 0) is 9.59 Å². The van der Waals surface area contributed by atoms with Crippen LogP contribution in [0.15, 0.2) is 23.1 Å². The van der Waals surface area contributed by atoms with Crippen molar-refractivity contribution in [1.29, 1.82) is 0 Å². The van der Waals surface area contributed by atoms with Gasteiger partial charge in [-0.25, -0.2) is 4.79 Å². The number of hydrazine groups is 1. The van der Waals surface area contributed by atoms with Crippen molar-refractivity contribution in [3.8, 4) is 0 Å². The van der Waals surface area contributed by atoms with Gasteiger partial charge in [-0.2, -0.15) is 0 Å². The number of hydrogen-bond acceptors (Lipinski definition) is 4. The van der Waals surface area contributed by atoms with Gasteiger partial charge in [-0.3, -0.25) is 20.4 Å². The third-order valence-electron chi connectivity index (χ3n) is 1.92. The van der Waals surface area contributed by atoms with Crippen molar-refractivity contribution in [2.45, 2.75) is 11.8 Å². The van der Waals surface area contributed by atoms with Crippen LogP contribution in [0.2, 0.25) is 5.02 Å². The summed E-state index contributed by atoms with van der Waals surface area (Å²) in [5, 5.41) is 9.03. The van der Waals surface area contributed by atoms with Crippen LogP contribution in [0, 0.1) is 0 Å². The lowest BCUT2D eigenvalue weighted by Crippen LogP contribution is -2.41. The number of carboxylic acids is 1. The maximum atomic E-state index is 11.3. The van der Waals surface area contributed by atoms with Crippen molar-refractivity contribution in [2.24, 2.45) is 0 Å². The molecule has 1 aromatic rings. The molecule has 0 saturated carbocycles. The third kappa shape index (κ3) is 5.19. The molecule has 2 amide bonds. The summed E-state index contributed by atoms with van der Waals surface area (Å²) in [6, 6.07) is 4.46. The molecule has 3 N–H and O–H groups in total. The number of benzene rings is 1. The molecule has 0 radical (unpaired) electrons. The second-order valence-electron chi connectivity index (χ2n) is 3.46. The summed E-state index contributed by atoms with van der Waals surface area (Å²) in [5.41, 5.74) is 4.33. The highest BCUT2D eigenvalue weighted by atomic mass is 35.5. The molecule has 0 saturated heterocycles. The van der Waals surface area contributed by atoms with Crippen molar-refractivity contribution in [3.05, 3.63) is 28.8 Å². The molecule has 0 aliphatic carbocycles. The first-order chi connectivity index (χ1) is 8.90. The van der Waals surface area contributed by atoms with Crippen LogP contribution in [0.1, 0.15) is 17.3 Å². The highest BCUT2D eigenvalue weighted by molar-refractivity contribution is 8.00. The SMILES string of the molecule is CC(=O)NNC(=O)CSc1ccc(Cl)c(C(=O)O)c1. The Morgan fingerprint density at radius 2 is 2.00 bits per heavy atom. The Kier molecular flexibility index (Phi) is 5.65. The van der Waals surface area contributed by atoms with Gasteiger partial charge >= 0.3 is 5.97 Å². The molecule has 0 atom stereocenters. The number of rotatable bonds is 4. The summed E-state index contributed by atoms with van der Waals surface area (Å²) < 4.78 is 0. The molecule has 0 aromatic heterocycles. The number of amides is 2. The Morgan fingerprint density at radius 1 is 1.32 bits per heavy atom. The smallest absolute Gasteiger partial charge is 0.337 e. The number of carbonyl (C=O) groups is 3. The first-order valence-electron chi connectivity index (χ1n) is 5.11. The van der Waals surface area contributed by atoms with E-state index in [2.05, 4.69) is 10.9 Å². The van der Waals surface area contributed by atoms with Crippen molar-refractivity contribution >= 4 is 41.1 Å². The van der Waals surface area contributed by atoms with Crippen LogP contribution in [0.5, 0.6) is 0 Å². The lowest BCUT2D eigenvalue weighted by atomic mass is 10.2. The largest absolute Gasteiger partial charge is 0.478 e. The number of thioether (sulfide) groups is 1. The van der Waals surface area contributed by atoms with Crippen molar-refractivity contribution in [2.75, 3.05) is 5.75 Å². The number of carboxylic acid groups (broad SMARTS) is 1. The standard InChI is InChI=1S/C11H11ClN2O4S/c1-6(15)13-14-10(16)5-19-7-2-3-9(12)8(4-7)11(17)18/h2-4H,5H2,1H3,(H,13,15)(H,14,16)(H,17,18). The van der Waals surface area contributed by atoms with E-state index in [0.29, 0.717) is 4.90 Å². The van der Waals surface area contributed by atoms with E-state index in [1.165, 1.54) is 19.1 Å². The van der Waals surface area contributed by atoms with Gasteiger partial charge in [0.05, 0.1) is 16.3 Å². The lowest BCUT2D eigenvalue weighted by molar-refractivity contribution is -0.126. The summed E-state index contributed by atoms with van der Waals surface area (Å²) >= 11 is 6.86. The fourth-order valence-electron chi connectivity index (χ4n) is 1.10. The molecule has 0 fully saturated rings. The van der Waals surface area contributed by atoms with Crippen LogP contribution < -0.4 is 10.9 Å². The van der Waals surface area contributed by atoms with Crippen molar-refractivity contribution in [3.63, 3.8) is 0 Å². The summed E-state index contributed by atoms with van der Waals surface area (Å²) in [7, 11) is 0.